The predicted octanol–water partition coefficient (Wildman–Crippen LogP) is 3.62. The minimum absolute atomic E-state index is 0.00509. The van der Waals surface area contributed by atoms with Crippen LogP contribution in [0.4, 0.5) is 5.69 Å². The molecule has 6 heteroatoms. The normalized spacial score (nSPS) is 20.8. The first kappa shape index (κ1) is 16.5. The van der Waals surface area contributed by atoms with Crippen LogP contribution >= 0.6 is 11.6 Å². The molecule has 3 rings (SSSR count). The Bertz CT molecular complexity index is 859. The Morgan fingerprint density at radius 1 is 1.50 bits per heavy atom. The zero-order chi connectivity index (χ0) is 17.4. The van der Waals surface area contributed by atoms with Crippen LogP contribution in [0, 0.1) is 30.1 Å². The third-order valence-electron chi connectivity index (χ3n) is 4.75. The van der Waals surface area contributed by atoms with E-state index in [0.717, 1.165) is 16.6 Å². The zero-order valence-corrected chi connectivity index (χ0v) is 14.3. The fourth-order valence-electron chi connectivity index (χ4n) is 3.52. The van der Waals surface area contributed by atoms with Gasteiger partial charge >= 0.3 is 5.97 Å². The summed E-state index contributed by atoms with van der Waals surface area (Å²) in [6, 6.07) is 7.72. The van der Waals surface area contributed by atoms with Crippen LogP contribution in [0.1, 0.15) is 24.6 Å². The highest BCUT2D eigenvalue weighted by molar-refractivity contribution is 6.31. The molecule has 124 valence electrons. The molecule has 1 aromatic carbocycles. The smallest absolute Gasteiger partial charge is 0.306 e. The number of carbonyl (C=O) groups is 1. The van der Waals surface area contributed by atoms with E-state index in [9.17, 15) is 15.2 Å². The number of aliphatic carboxylic acids is 1. The van der Waals surface area contributed by atoms with Crippen molar-refractivity contribution in [1.82, 2.24) is 4.98 Å². The van der Waals surface area contributed by atoms with Gasteiger partial charge in [0, 0.05) is 23.5 Å². The van der Waals surface area contributed by atoms with Crippen molar-refractivity contribution in [2.24, 2.45) is 11.8 Å². The van der Waals surface area contributed by atoms with Gasteiger partial charge in [0.25, 0.3) is 0 Å². The van der Waals surface area contributed by atoms with E-state index < -0.39 is 5.97 Å². The number of hydrogen-bond donors (Lipinski definition) is 1. The first-order chi connectivity index (χ1) is 11.4. The van der Waals surface area contributed by atoms with Gasteiger partial charge in [0.1, 0.15) is 6.07 Å². The first-order valence-electron chi connectivity index (χ1n) is 7.90. The van der Waals surface area contributed by atoms with E-state index in [1.807, 2.05) is 26.0 Å². The lowest BCUT2D eigenvalue weighted by molar-refractivity contribution is -0.144. The quantitative estimate of drug-likeness (QED) is 0.901. The second-order valence-electron chi connectivity index (χ2n) is 6.35. The lowest BCUT2D eigenvalue weighted by Crippen LogP contribution is -2.42. The topological polar surface area (TPSA) is 77.2 Å². The van der Waals surface area contributed by atoms with E-state index in [2.05, 4.69) is 16.0 Å². The predicted molar refractivity (Wildman–Crippen MR) is 93.3 cm³/mol. The van der Waals surface area contributed by atoms with Gasteiger partial charge in [-0.15, -0.1) is 0 Å². The Hall–Kier alpha value is -2.32. The maximum Gasteiger partial charge on any atom is 0.306 e. The summed E-state index contributed by atoms with van der Waals surface area (Å²) in [5, 5.41) is 20.4. The van der Waals surface area contributed by atoms with Crippen LogP contribution in [0.25, 0.3) is 10.9 Å². The highest BCUT2D eigenvalue weighted by atomic mass is 35.5. The molecule has 1 fully saturated rings. The number of piperidine rings is 1. The molecule has 2 heterocycles. The fourth-order valence-corrected chi connectivity index (χ4v) is 3.69. The number of benzene rings is 1. The third kappa shape index (κ3) is 2.78. The van der Waals surface area contributed by atoms with E-state index >= 15 is 0 Å². The Balaban J connectivity index is 2.13. The van der Waals surface area contributed by atoms with Gasteiger partial charge in [0.2, 0.25) is 0 Å². The van der Waals surface area contributed by atoms with Crippen molar-refractivity contribution in [3.05, 3.63) is 34.5 Å². The van der Waals surface area contributed by atoms with Gasteiger partial charge in [0.05, 0.1) is 28.4 Å². The first-order valence-corrected chi connectivity index (χ1v) is 8.28. The van der Waals surface area contributed by atoms with Crippen molar-refractivity contribution in [3.8, 4) is 6.07 Å². The molecule has 1 N–H and O–H groups in total. The Morgan fingerprint density at radius 3 is 2.88 bits per heavy atom. The van der Waals surface area contributed by atoms with Gasteiger partial charge in [-0.3, -0.25) is 9.78 Å². The number of pyridine rings is 1. The lowest BCUT2D eigenvalue weighted by atomic mass is 9.86. The minimum Gasteiger partial charge on any atom is -0.481 e. The summed E-state index contributed by atoms with van der Waals surface area (Å²) in [4.78, 5) is 18.0. The molecule has 2 atom stereocenters. The van der Waals surface area contributed by atoms with E-state index in [1.165, 1.54) is 0 Å². The summed E-state index contributed by atoms with van der Waals surface area (Å²) in [7, 11) is 0. The molecule has 0 aliphatic carbocycles. The minimum atomic E-state index is -0.749. The Labute approximate surface area is 145 Å². The van der Waals surface area contributed by atoms with E-state index in [-0.39, 0.29) is 11.8 Å². The molecule has 1 aliphatic heterocycles. The van der Waals surface area contributed by atoms with Crippen LogP contribution in [0.15, 0.2) is 18.2 Å². The van der Waals surface area contributed by atoms with Crippen molar-refractivity contribution in [2.45, 2.75) is 20.3 Å². The molecule has 0 bridgehead atoms. The van der Waals surface area contributed by atoms with Gasteiger partial charge in [-0.2, -0.15) is 5.26 Å². The van der Waals surface area contributed by atoms with Crippen LogP contribution in [-0.4, -0.2) is 29.1 Å². The van der Waals surface area contributed by atoms with Crippen LogP contribution in [0.5, 0.6) is 0 Å². The van der Waals surface area contributed by atoms with Crippen LogP contribution in [0.3, 0.4) is 0 Å². The Morgan fingerprint density at radius 2 is 2.25 bits per heavy atom. The number of carboxylic acids is 1. The van der Waals surface area contributed by atoms with E-state index in [1.54, 1.807) is 6.07 Å². The van der Waals surface area contributed by atoms with Crippen LogP contribution in [-0.2, 0) is 4.79 Å². The number of aromatic nitrogens is 1. The molecule has 0 amide bonds. The summed E-state index contributed by atoms with van der Waals surface area (Å²) in [6.45, 7) is 4.96. The van der Waals surface area contributed by atoms with Crippen molar-refractivity contribution >= 4 is 34.2 Å². The number of carboxylic acid groups (broad SMARTS) is 1. The van der Waals surface area contributed by atoms with Gasteiger partial charge in [-0.05, 0) is 37.5 Å². The second-order valence-corrected chi connectivity index (χ2v) is 6.79. The molecule has 2 unspecified atom stereocenters. The van der Waals surface area contributed by atoms with Gasteiger partial charge in [0.15, 0.2) is 0 Å². The number of aryl methyl sites for hydroxylation is 1. The summed E-state index contributed by atoms with van der Waals surface area (Å²) < 4.78 is 0. The van der Waals surface area contributed by atoms with Crippen molar-refractivity contribution in [3.63, 3.8) is 0 Å². The highest BCUT2D eigenvalue weighted by Crippen LogP contribution is 2.36. The average Bonchev–Trinajstić information content (AvgIpc) is 2.53. The SMILES string of the molecule is Cc1nc2ccc(Cl)cc2c(N2CCC(C(=O)O)C(C)C2)c1C#N. The van der Waals surface area contributed by atoms with E-state index in [4.69, 9.17) is 11.6 Å². The number of anilines is 1. The van der Waals surface area contributed by atoms with Crippen molar-refractivity contribution in [1.29, 1.82) is 5.26 Å². The average molecular weight is 344 g/mol. The van der Waals surface area contributed by atoms with Crippen LogP contribution < -0.4 is 4.90 Å². The number of rotatable bonds is 2. The molecular formula is C18H18ClN3O2. The fraction of sp³-hybridized carbons (Fsp3) is 0.389. The number of fused-ring (bicyclic) bond motifs is 1. The van der Waals surface area contributed by atoms with Gasteiger partial charge in [-0.25, -0.2) is 0 Å². The summed E-state index contributed by atoms with van der Waals surface area (Å²) in [6.07, 6.45) is 0.560. The van der Waals surface area contributed by atoms with Gasteiger partial charge < -0.3 is 10.0 Å². The number of halogens is 1. The molecule has 24 heavy (non-hydrogen) atoms. The van der Waals surface area contributed by atoms with Crippen LogP contribution in [0.2, 0.25) is 5.02 Å². The van der Waals surface area contributed by atoms with Gasteiger partial charge in [-0.1, -0.05) is 18.5 Å². The highest BCUT2D eigenvalue weighted by Gasteiger charge is 2.33. The molecule has 2 aromatic rings. The maximum absolute atomic E-state index is 11.3. The number of hydrogen-bond acceptors (Lipinski definition) is 4. The Kier molecular flexibility index (Phi) is 4.33. The number of nitrogens with zero attached hydrogens (tertiary/aromatic N) is 3. The van der Waals surface area contributed by atoms with Crippen molar-refractivity contribution in [2.75, 3.05) is 18.0 Å². The summed E-state index contributed by atoms with van der Waals surface area (Å²) >= 11 is 6.15. The molecular weight excluding hydrogens is 326 g/mol. The number of nitriles is 1. The molecule has 0 radical (unpaired) electrons. The molecule has 0 saturated carbocycles. The standard InChI is InChI=1S/C18H18ClN3O2/c1-10-9-22(6-5-13(10)18(23)24)17-14-7-12(19)3-4-16(14)21-11(2)15(17)8-20/h3-4,7,10,13H,5-6,9H2,1-2H3,(H,23,24). The second kappa shape index (κ2) is 6.29. The molecule has 1 aliphatic rings. The molecule has 5 nitrogen and oxygen atoms in total. The lowest BCUT2D eigenvalue weighted by Gasteiger charge is -2.37. The zero-order valence-electron chi connectivity index (χ0n) is 13.6. The summed E-state index contributed by atoms with van der Waals surface area (Å²) in [5.74, 6) is -1.09. The maximum atomic E-state index is 11.3. The monoisotopic (exact) mass is 343 g/mol. The molecule has 0 spiro atoms. The molecule has 1 aromatic heterocycles. The van der Waals surface area contributed by atoms with E-state index in [0.29, 0.717) is 35.8 Å². The van der Waals surface area contributed by atoms with Crippen molar-refractivity contribution < 1.29 is 9.90 Å². The third-order valence-corrected chi connectivity index (χ3v) is 4.99. The largest absolute Gasteiger partial charge is 0.481 e. The summed E-state index contributed by atoms with van der Waals surface area (Å²) in [5.41, 5.74) is 2.82. The molecule has 1 saturated heterocycles.